The van der Waals surface area contributed by atoms with Gasteiger partial charge in [0.15, 0.2) is 0 Å². The zero-order valence-electron chi connectivity index (χ0n) is 14.0. The fourth-order valence-corrected chi connectivity index (χ4v) is 4.14. The van der Waals surface area contributed by atoms with Crippen LogP contribution in [0.5, 0.6) is 0 Å². The number of fused-ring (bicyclic) bond motifs is 2. The first-order valence-electron chi connectivity index (χ1n) is 8.36. The highest BCUT2D eigenvalue weighted by Crippen LogP contribution is 2.39. The molecule has 0 spiro atoms. The van der Waals surface area contributed by atoms with Gasteiger partial charge in [0.2, 0.25) is 0 Å². The van der Waals surface area contributed by atoms with Gasteiger partial charge in [-0.1, -0.05) is 6.92 Å². The number of hydrogen-bond acceptors (Lipinski definition) is 5. The Hall–Kier alpha value is -1.92. The molecule has 4 nitrogen and oxygen atoms in total. The molecule has 0 amide bonds. The van der Waals surface area contributed by atoms with E-state index in [4.69, 9.17) is 4.99 Å². The summed E-state index contributed by atoms with van der Waals surface area (Å²) in [6, 6.07) is 6.99. The van der Waals surface area contributed by atoms with Crippen LogP contribution in [-0.4, -0.2) is 48.9 Å². The lowest BCUT2D eigenvalue weighted by Gasteiger charge is -2.34. The minimum atomic E-state index is -0.253. The molecule has 0 aliphatic carbocycles. The summed E-state index contributed by atoms with van der Waals surface area (Å²) in [6.45, 7) is 6.08. The van der Waals surface area contributed by atoms with Gasteiger partial charge in [-0.15, -0.1) is 11.3 Å². The predicted molar refractivity (Wildman–Crippen MR) is 98.6 cm³/mol. The standard InChI is InChI=1S/C18H21FN4S/c1-3-13-11-14-17(23-8-6-22(2)7-9-23)20-16-10-12(19)4-5-15(16)21-18(14)24-13/h4-5,10-11,21H,3,6-9H2,1-2H3. The van der Waals surface area contributed by atoms with Crippen molar-refractivity contribution < 1.29 is 4.39 Å². The van der Waals surface area contributed by atoms with E-state index >= 15 is 0 Å². The van der Waals surface area contributed by atoms with E-state index in [-0.39, 0.29) is 5.82 Å². The van der Waals surface area contributed by atoms with Gasteiger partial charge in [0, 0.05) is 37.1 Å². The lowest BCUT2D eigenvalue weighted by molar-refractivity contribution is 0.216. The zero-order chi connectivity index (χ0) is 16.7. The molecule has 0 unspecified atom stereocenters. The molecule has 2 aromatic rings. The third-order valence-electron chi connectivity index (χ3n) is 4.61. The first kappa shape index (κ1) is 15.6. The lowest BCUT2D eigenvalue weighted by Crippen LogP contribution is -2.47. The van der Waals surface area contributed by atoms with E-state index in [1.54, 1.807) is 17.4 Å². The molecule has 0 radical (unpaired) electrons. The molecule has 1 aromatic carbocycles. The van der Waals surface area contributed by atoms with Crippen molar-refractivity contribution in [1.29, 1.82) is 0 Å². The van der Waals surface area contributed by atoms with Gasteiger partial charge < -0.3 is 15.1 Å². The summed E-state index contributed by atoms with van der Waals surface area (Å²) in [5, 5.41) is 4.57. The van der Waals surface area contributed by atoms with Gasteiger partial charge in [0.1, 0.15) is 16.7 Å². The van der Waals surface area contributed by atoms with Crippen LogP contribution in [0.3, 0.4) is 0 Å². The van der Waals surface area contributed by atoms with Crippen LogP contribution in [0.1, 0.15) is 17.4 Å². The van der Waals surface area contributed by atoms with E-state index in [1.165, 1.54) is 17.0 Å². The van der Waals surface area contributed by atoms with Crippen LogP contribution >= 0.6 is 11.3 Å². The van der Waals surface area contributed by atoms with Crippen molar-refractivity contribution in [2.24, 2.45) is 4.99 Å². The zero-order valence-corrected chi connectivity index (χ0v) is 14.8. The van der Waals surface area contributed by atoms with E-state index < -0.39 is 0 Å². The average Bonchev–Trinajstić information content (AvgIpc) is 2.92. The number of thiophene rings is 1. The summed E-state index contributed by atoms with van der Waals surface area (Å²) in [7, 11) is 2.14. The molecule has 1 aromatic heterocycles. The molecule has 3 heterocycles. The monoisotopic (exact) mass is 344 g/mol. The van der Waals surface area contributed by atoms with Gasteiger partial charge in [0.05, 0.1) is 16.9 Å². The van der Waals surface area contributed by atoms with Gasteiger partial charge >= 0.3 is 0 Å². The maximum atomic E-state index is 13.7. The quantitative estimate of drug-likeness (QED) is 0.853. The number of nitrogens with one attached hydrogen (secondary N) is 1. The molecule has 0 bridgehead atoms. The number of amidine groups is 1. The molecule has 1 N–H and O–H groups in total. The van der Waals surface area contributed by atoms with Crippen LogP contribution < -0.4 is 5.32 Å². The number of anilines is 2. The smallest absolute Gasteiger partial charge is 0.139 e. The van der Waals surface area contributed by atoms with Crippen LogP contribution in [0.25, 0.3) is 0 Å². The second-order valence-corrected chi connectivity index (χ2v) is 7.46. The van der Waals surface area contributed by atoms with Gasteiger partial charge in [-0.3, -0.25) is 0 Å². The Balaban J connectivity index is 1.82. The van der Waals surface area contributed by atoms with E-state index in [2.05, 4.69) is 35.2 Å². The van der Waals surface area contributed by atoms with Crippen molar-refractivity contribution in [3.8, 4) is 0 Å². The van der Waals surface area contributed by atoms with Crippen LogP contribution in [0.2, 0.25) is 0 Å². The molecular weight excluding hydrogens is 323 g/mol. The fourth-order valence-electron chi connectivity index (χ4n) is 3.13. The Morgan fingerprint density at radius 3 is 2.75 bits per heavy atom. The van der Waals surface area contributed by atoms with Crippen molar-refractivity contribution >= 4 is 33.5 Å². The van der Waals surface area contributed by atoms with Crippen LogP contribution in [0, 0.1) is 5.82 Å². The average molecular weight is 344 g/mol. The second kappa shape index (κ2) is 6.18. The summed E-state index contributed by atoms with van der Waals surface area (Å²) in [5.74, 6) is 0.711. The summed E-state index contributed by atoms with van der Waals surface area (Å²) in [6.07, 6.45) is 1.01. The minimum absolute atomic E-state index is 0.253. The Bertz CT molecular complexity index is 790. The van der Waals surface area contributed by atoms with Crippen molar-refractivity contribution in [1.82, 2.24) is 9.80 Å². The number of nitrogens with zero attached hydrogens (tertiary/aromatic N) is 3. The predicted octanol–water partition coefficient (Wildman–Crippen LogP) is 3.83. The second-order valence-electron chi connectivity index (χ2n) is 6.32. The molecule has 2 aliphatic heterocycles. The van der Waals surface area contributed by atoms with Crippen molar-refractivity contribution in [3.05, 3.63) is 40.5 Å². The molecule has 1 fully saturated rings. The number of aryl methyl sites for hydroxylation is 1. The third kappa shape index (κ3) is 2.80. The summed E-state index contributed by atoms with van der Waals surface area (Å²) >= 11 is 1.76. The minimum Gasteiger partial charge on any atom is -0.353 e. The molecule has 6 heteroatoms. The van der Waals surface area contributed by atoms with Gasteiger partial charge in [0.25, 0.3) is 0 Å². The van der Waals surface area contributed by atoms with Crippen LogP contribution in [-0.2, 0) is 6.42 Å². The maximum Gasteiger partial charge on any atom is 0.139 e. The van der Waals surface area contributed by atoms with E-state index in [0.717, 1.165) is 54.7 Å². The number of aliphatic imine (C=N–C) groups is 1. The highest BCUT2D eigenvalue weighted by atomic mass is 32.1. The van der Waals surface area contributed by atoms with Crippen LogP contribution in [0.15, 0.2) is 29.3 Å². The highest BCUT2D eigenvalue weighted by Gasteiger charge is 2.25. The molecular formula is C18H21FN4S. The number of piperazine rings is 1. The number of likely N-dealkylation sites (N-methyl/N-ethyl adjacent to an activating group) is 1. The summed E-state index contributed by atoms with van der Waals surface area (Å²) < 4.78 is 13.7. The maximum absolute atomic E-state index is 13.7. The molecule has 0 atom stereocenters. The summed E-state index contributed by atoms with van der Waals surface area (Å²) in [4.78, 5) is 10.9. The Kier molecular flexibility index (Phi) is 4.02. The number of hydrogen-bond donors (Lipinski definition) is 1. The molecule has 2 aliphatic rings. The van der Waals surface area contributed by atoms with Gasteiger partial charge in [-0.05, 0) is 31.7 Å². The van der Waals surface area contributed by atoms with Crippen molar-refractivity contribution in [2.45, 2.75) is 13.3 Å². The van der Waals surface area contributed by atoms with Gasteiger partial charge in [-0.25, -0.2) is 9.38 Å². The Morgan fingerprint density at radius 1 is 1.21 bits per heavy atom. The molecule has 126 valence electrons. The molecule has 24 heavy (non-hydrogen) atoms. The Labute approximate surface area is 145 Å². The van der Waals surface area contributed by atoms with Crippen LogP contribution in [0.4, 0.5) is 20.8 Å². The largest absolute Gasteiger partial charge is 0.353 e. The fraction of sp³-hybridized carbons (Fsp3) is 0.389. The van der Waals surface area contributed by atoms with Crippen molar-refractivity contribution in [2.75, 3.05) is 38.5 Å². The highest BCUT2D eigenvalue weighted by molar-refractivity contribution is 7.16. The lowest BCUT2D eigenvalue weighted by atomic mass is 10.2. The third-order valence-corrected chi connectivity index (χ3v) is 5.80. The van der Waals surface area contributed by atoms with Gasteiger partial charge in [-0.2, -0.15) is 0 Å². The molecule has 1 saturated heterocycles. The normalized spacial score (nSPS) is 17.6. The van der Waals surface area contributed by atoms with E-state index in [0.29, 0.717) is 5.69 Å². The first-order chi connectivity index (χ1) is 11.6. The number of halogens is 1. The van der Waals surface area contributed by atoms with E-state index in [1.807, 2.05) is 0 Å². The molecule has 4 rings (SSSR count). The summed E-state index contributed by atoms with van der Waals surface area (Å²) in [5.41, 5.74) is 2.68. The number of rotatable bonds is 1. The van der Waals surface area contributed by atoms with E-state index in [9.17, 15) is 4.39 Å². The number of benzene rings is 1. The first-order valence-corrected chi connectivity index (χ1v) is 9.17. The van der Waals surface area contributed by atoms with Crippen molar-refractivity contribution in [3.63, 3.8) is 0 Å². The molecule has 0 saturated carbocycles. The topological polar surface area (TPSA) is 30.9 Å². The Morgan fingerprint density at radius 2 is 2.00 bits per heavy atom. The SMILES string of the molecule is CCc1cc2c(s1)Nc1ccc(F)cc1N=C2N1CCN(C)CC1.